The van der Waals surface area contributed by atoms with Gasteiger partial charge in [-0.3, -0.25) is 14.5 Å². The van der Waals surface area contributed by atoms with E-state index in [0.29, 0.717) is 5.56 Å². The van der Waals surface area contributed by atoms with Gasteiger partial charge in [-0.05, 0) is 40.7 Å². The highest BCUT2D eigenvalue weighted by Gasteiger charge is 2.38. The normalized spacial score (nSPS) is 16.2. The van der Waals surface area contributed by atoms with E-state index in [4.69, 9.17) is 23.2 Å². The predicted molar refractivity (Wildman–Crippen MR) is 127 cm³/mol. The number of halogens is 2. The standard InChI is InChI=1S/C23H14Cl2N2O4S/c1-31-19(28)12-18-22(30)27(20-16(24)10-5-11-17(20)25)23(32-18)26-21(29)15-9-4-7-13-6-2-3-8-14(13)15/h2-12H,1H3/b18-12-,26-23?. The van der Waals surface area contributed by atoms with Gasteiger partial charge in [-0.1, -0.05) is 65.7 Å². The lowest BCUT2D eigenvalue weighted by molar-refractivity contribution is -0.135. The van der Waals surface area contributed by atoms with E-state index in [1.165, 1.54) is 7.11 Å². The quantitative estimate of drug-likeness (QED) is 0.363. The van der Waals surface area contributed by atoms with Crippen LogP contribution in [0.3, 0.4) is 0 Å². The maximum absolute atomic E-state index is 13.1. The van der Waals surface area contributed by atoms with Gasteiger partial charge < -0.3 is 4.74 Å². The molecule has 4 rings (SSSR count). The molecule has 160 valence electrons. The summed E-state index contributed by atoms with van der Waals surface area (Å²) in [6, 6.07) is 17.5. The lowest BCUT2D eigenvalue weighted by Crippen LogP contribution is -2.30. The average Bonchev–Trinajstić information content (AvgIpc) is 3.07. The third-order valence-corrected chi connectivity index (χ3v) is 6.21. The Morgan fingerprint density at radius 3 is 2.38 bits per heavy atom. The number of fused-ring (bicyclic) bond motifs is 1. The van der Waals surface area contributed by atoms with Crippen LogP contribution in [0.2, 0.25) is 10.0 Å². The smallest absolute Gasteiger partial charge is 0.331 e. The first-order valence-electron chi connectivity index (χ1n) is 9.27. The van der Waals surface area contributed by atoms with Crippen LogP contribution in [0.5, 0.6) is 0 Å². The van der Waals surface area contributed by atoms with Crippen molar-refractivity contribution in [3.63, 3.8) is 0 Å². The van der Waals surface area contributed by atoms with Crippen molar-refractivity contribution in [2.45, 2.75) is 0 Å². The molecule has 9 heteroatoms. The van der Waals surface area contributed by atoms with E-state index in [1.807, 2.05) is 30.3 Å². The lowest BCUT2D eigenvalue weighted by atomic mass is 10.0. The van der Waals surface area contributed by atoms with Gasteiger partial charge in [0.15, 0.2) is 5.17 Å². The number of anilines is 1. The fourth-order valence-electron chi connectivity index (χ4n) is 3.17. The highest BCUT2D eigenvalue weighted by Crippen LogP contribution is 2.42. The molecule has 3 aromatic carbocycles. The molecule has 2 amide bonds. The van der Waals surface area contributed by atoms with Crippen molar-refractivity contribution in [1.29, 1.82) is 0 Å². The third kappa shape index (κ3) is 4.14. The van der Waals surface area contributed by atoms with Crippen LogP contribution < -0.4 is 4.90 Å². The van der Waals surface area contributed by atoms with Gasteiger partial charge in [0.25, 0.3) is 11.8 Å². The Balaban J connectivity index is 1.84. The van der Waals surface area contributed by atoms with Crippen LogP contribution in [0.15, 0.2) is 76.6 Å². The number of benzene rings is 3. The zero-order valence-electron chi connectivity index (χ0n) is 16.5. The van der Waals surface area contributed by atoms with Gasteiger partial charge in [0, 0.05) is 11.6 Å². The zero-order chi connectivity index (χ0) is 22.8. The molecular formula is C23H14Cl2N2O4S. The molecule has 1 aliphatic rings. The van der Waals surface area contributed by atoms with Crippen LogP contribution in [0.4, 0.5) is 5.69 Å². The number of amidine groups is 1. The molecular weight excluding hydrogens is 471 g/mol. The SMILES string of the molecule is COC(=O)/C=C1\SC(=NC(=O)c2cccc3ccccc23)N(c2c(Cl)cccc2Cl)C1=O. The minimum atomic E-state index is -0.715. The molecule has 0 spiro atoms. The third-order valence-electron chi connectivity index (χ3n) is 4.63. The first-order chi connectivity index (χ1) is 15.4. The van der Waals surface area contributed by atoms with Crippen molar-refractivity contribution in [1.82, 2.24) is 0 Å². The van der Waals surface area contributed by atoms with Gasteiger partial charge in [0.2, 0.25) is 0 Å². The molecule has 1 heterocycles. The van der Waals surface area contributed by atoms with Gasteiger partial charge in [-0.25, -0.2) is 4.79 Å². The Morgan fingerprint density at radius 2 is 1.66 bits per heavy atom. The molecule has 0 aromatic heterocycles. The topological polar surface area (TPSA) is 76.0 Å². The van der Waals surface area contributed by atoms with Crippen LogP contribution in [0.1, 0.15) is 10.4 Å². The number of ether oxygens (including phenoxy) is 1. The summed E-state index contributed by atoms with van der Waals surface area (Å²) in [6.45, 7) is 0. The number of esters is 1. The molecule has 0 saturated carbocycles. The predicted octanol–water partition coefficient (Wildman–Crippen LogP) is 5.48. The van der Waals surface area contributed by atoms with Crippen LogP contribution in [-0.2, 0) is 14.3 Å². The molecule has 0 atom stereocenters. The molecule has 0 N–H and O–H groups in total. The number of thioether (sulfide) groups is 1. The molecule has 1 saturated heterocycles. The number of aliphatic imine (C=N–C) groups is 1. The van der Waals surface area contributed by atoms with Crippen molar-refractivity contribution in [2.24, 2.45) is 4.99 Å². The second kappa shape index (κ2) is 9.16. The molecule has 6 nitrogen and oxygen atoms in total. The number of amides is 2. The number of rotatable bonds is 3. The van der Waals surface area contributed by atoms with Crippen molar-refractivity contribution >= 4 is 74.4 Å². The summed E-state index contributed by atoms with van der Waals surface area (Å²) in [7, 11) is 1.20. The summed E-state index contributed by atoms with van der Waals surface area (Å²) >= 11 is 13.5. The van der Waals surface area contributed by atoms with Crippen molar-refractivity contribution < 1.29 is 19.1 Å². The van der Waals surface area contributed by atoms with Crippen LogP contribution >= 0.6 is 35.0 Å². The van der Waals surface area contributed by atoms with Crippen LogP contribution in [-0.4, -0.2) is 30.1 Å². The van der Waals surface area contributed by atoms with Crippen LogP contribution in [0, 0.1) is 0 Å². The van der Waals surface area contributed by atoms with Crippen LogP contribution in [0.25, 0.3) is 10.8 Å². The Hall–Kier alpha value is -3.13. The summed E-state index contributed by atoms with van der Waals surface area (Å²) in [5.74, 6) is -1.86. The van der Waals surface area contributed by atoms with Gasteiger partial charge in [-0.2, -0.15) is 4.99 Å². The maximum Gasteiger partial charge on any atom is 0.331 e. The maximum atomic E-state index is 13.1. The minimum absolute atomic E-state index is 0.0253. The number of nitrogens with zero attached hydrogens (tertiary/aromatic N) is 2. The Bertz CT molecular complexity index is 1310. The van der Waals surface area contributed by atoms with E-state index in [2.05, 4.69) is 9.73 Å². The molecule has 1 aliphatic heterocycles. The lowest BCUT2D eigenvalue weighted by Gasteiger charge is -2.18. The molecule has 3 aromatic rings. The summed E-state index contributed by atoms with van der Waals surface area (Å²) < 4.78 is 4.62. The molecule has 0 aliphatic carbocycles. The molecule has 1 fully saturated rings. The van der Waals surface area contributed by atoms with Gasteiger partial charge in [-0.15, -0.1) is 0 Å². The second-order valence-corrected chi connectivity index (χ2v) is 8.39. The van der Waals surface area contributed by atoms with Gasteiger partial charge >= 0.3 is 5.97 Å². The number of carbonyl (C=O) groups excluding carboxylic acids is 3. The fourth-order valence-corrected chi connectivity index (χ4v) is 4.66. The summed E-state index contributed by atoms with van der Waals surface area (Å²) in [6.07, 6.45) is 1.04. The first kappa shape index (κ1) is 22.1. The average molecular weight is 485 g/mol. The largest absolute Gasteiger partial charge is 0.466 e. The number of methoxy groups -OCH3 is 1. The fraction of sp³-hybridized carbons (Fsp3) is 0.0435. The van der Waals surface area contributed by atoms with Gasteiger partial charge in [0.1, 0.15) is 0 Å². The highest BCUT2D eigenvalue weighted by atomic mass is 35.5. The second-order valence-electron chi connectivity index (χ2n) is 6.57. The number of para-hydroxylation sites is 1. The van der Waals surface area contributed by atoms with Crippen molar-refractivity contribution in [3.8, 4) is 0 Å². The van der Waals surface area contributed by atoms with E-state index in [1.54, 1.807) is 30.3 Å². The van der Waals surface area contributed by atoms with Crippen molar-refractivity contribution in [2.75, 3.05) is 12.0 Å². The van der Waals surface area contributed by atoms with E-state index in [0.717, 1.165) is 33.5 Å². The molecule has 0 bridgehead atoms. The van der Waals surface area contributed by atoms with E-state index >= 15 is 0 Å². The zero-order valence-corrected chi connectivity index (χ0v) is 18.9. The summed E-state index contributed by atoms with van der Waals surface area (Å²) in [5, 5.41) is 2.02. The number of hydrogen-bond acceptors (Lipinski definition) is 5. The monoisotopic (exact) mass is 484 g/mol. The van der Waals surface area contributed by atoms with Crippen molar-refractivity contribution in [3.05, 3.63) is 87.3 Å². The Morgan fingerprint density at radius 1 is 1.00 bits per heavy atom. The molecule has 0 radical (unpaired) electrons. The minimum Gasteiger partial charge on any atom is -0.466 e. The van der Waals surface area contributed by atoms with E-state index in [-0.39, 0.29) is 25.8 Å². The summed E-state index contributed by atoms with van der Waals surface area (Å²) in [5.41, 5.74) is 0.547. The first-order valence-corrected chi connectivity index (χ1v) is 10.8. The Kier molecular flexibility index (Phi) is 6.32. The van der Waals surface area contributed by atoms with E-state index in [9.17, 15) is 14.4 Å². The molecule has 0 unspecified atom stereocenters. The molecule has 32 heavy (non-hydrogen) atoms. The number of carbonyl (C=O) groups is 3. The van der Waals surface area contributed by atoms with Gasteiger partial charge in [0.05, 0.1) is 27.7 Å². The summed E-state index contributed by atoms with van der Waals surface area (Å²) in [4.78, 5) is 43.4. The van der Waals surface area contributed by atoms with E-state index < -0.39 is 17.8 Å². The Labute approximate surface area is 197 Å². The highest BCUT2D eigenvalue weighted by molar-refractivity contribution is 8.19. The number of hydrogen-bond donors (Lipinski definition) is 0.